The van der Waals surface area contributed by atoms with E-state index in [0.29, 0.717) is 6.42 Å². The highest BCUT2D eigenvalue weighted by atomic mass is 16.1. The molecule has 15 heavy (non-hydrogen) atoms. The Kier molecular flexibility index (Phi) is 3.24. The lowest BCUT2D eigenvalue weighted by atomic mass is 10.2. The molecule has 0 amide bonds. The lowest BCUT2D eigenvalue weighted by Crippen LogP contribution is -2.44. The van der Waals surface area contributed by atoms with Crippen molar-refractivity contribution < 1.29 is 4.79 Å². The van der Waals surface area contributed by atoms with E-state index in [4.69, 9.17) is 0 Å². The van der Waals surface area contributed by atoms with E-state index in [0.717, 1.165) is 43.8 Å². The summed E-state index contributed by atoms with van der Waals surface area (Å²) in [4.78, 5) is 12.7. The van der Waals surface area contributed by atoms with E-state index in [1.165, 1.54) is 0 Å². The first-order valence-electron chi connectivity index (χ1n) is 5.11. The number of piperazine rings is 1. The van der Waals surface area contributed by atoms with E-state index in [9.17, 15) is 4.79 Å². The first kappa shape index (κ1) is 10.0. The molecular weight excluding hydrogens is 192 g/mol. The Morgan fingerprint density at radius 3 is 3.00 bits per heavy atom. The fraction of sp³-hybridized carbons (Fsp3) is 0.500. The third-order valence-electron chi connectivity index (χ3n) is 2.50. The lowest BCUT2D eigenvalue weighted by molar-refractivity contribution is -0.107. The molecule has 0 aromatic carbocycles. The predicted octanol–water partition coefficient (Wildman–Crippen LogP) is -0.372. The number of carbonyl (C=O) groups excluding carboxylic acids is 1. The first-order valence-corrected chi connectivity index (χ1v) is 5.11. The van der Waals surface area contributed by atoms with Crippen molar-refractivity contribution >= 4 is 12.1 Å². The SMILES string of the molecule is O=CCc1ccnnc1N1CCNCC1. The summed E-state index contributed by atoms with van der Waals surface area (Å²) in [5.74, 6) is 0.853. The van der Waals surface area contributed by atoms with Gasteiger partial charge in [-0.25, -0.2) is 0 Å². The minimum absolute atomic E-state index is 0.411. The van der Waals surface area contributed by atoms with Gasteiger partial charge in [-0.2, -0.15) is 5.10 Å². The van der Waals surface area contributed by atoms with Gasteiger partial charge in [0, 0.05) is 38.2 Å². The van der Waals surface area contributed by atoms with E-state index < -0.39 is 0 Å². The van der Waals surface area contributed by atoms with Crippen LogP contribution in [-0.4, -0.2) is 42.7 Å². The molecule has 0 atom stereocenters. The number of nitrogens with zero attached hydrogens (tertiary/aromatic N) is 3. The zero-order chi connectivity index (χ0) is 10.5. The number of hydrogen-bond acceptors (Lipinski definition) is 5. The maximum atomic E-state index is 10.5. The second-order valence-corrected chi connectivity index (χ2v) is 3.49. The Labute approximate surface area is 88.5 Å². The average Bonchev–Trinajstić information content (AvgIpc) is 2.31. The maximum Gasteiger partial charge on any atom is 0.154 e. The second-order valence-electron chi connectivity index (χ2n) is 3.49. The quantitative estimate of drug-likeness (QED) is 0.684. The van der Waals surface area contributed by atoms with Crippen LogP contribution in [0.25, 0.3) is 0 Å². The summed E-state index contributed by atoms with van der Waals surface area (Å²) in [6.07, 6.45) is 2.95. The number of anilines is 1. The molecule has 0 unspecified atom stereocenters. The van der Waals surface area contributed by atoms with Crippen LogP contribution in [0.4, 0.5) is 5.82 Å². The highest BCUT2D eigenvalue weighted by Crippen LogP contribution is 2.16. The molecule has 2 heterocycles. The third kappa shape index (κ3) is 2.30. The normalized spacial score (nSPS) is 16.4. The average molecular weight is 206 g/mol. The van der Waals surface area contributed by atoms with Crippen LogP contribution < -0.4 is 10.2 Å². The molecule has 0 radical (unpaired) electrons. The van der Waals surface area contributed by atoms with Gasteiger partial charge in [-0.15, -0.1) is 5.10 Å². The molecule has 0 bridgehead atoms. The van der Waals surface area contributed by atoms with E-state index in [1.807, 2.05) is 6.07 Å². The Bertz CT molecular complexity index is 336. The minimum atomic E-state index is 0.411. The predicted molar refractivity (Wildman–Crippen MR) is 56.9 cm³/mol. The van der Waals surface area contributed by atoms with Gasteiger partial charge >= 0.3 is 0 Å². The van der Waals surface area contributed by atoms with Crippen LogP contribution in [0.3, 0.4) is 0 Å². The Balaban J connectivity index is 2.20. The summed E-state index contributed by atoms with van der Waals surface area (Å²) < 4.78 is 0. The number of aromatic nitrogens is 2. The number of hydrogen-bond donors (Lipinski definition) is 1. The summed E-state index contributed by atoms with van der Waals surface area (Å²) >= 11 is 0. The van der Waals surface area contributed by atoms with Gasteiger partial charge in [0.15, 0.2) is 5.82 Å². The third-order valence-corrected chi connectivity index (χ3v) is 2.50. The van der Waals surface area contributed by atoms with Crippen LogP contribution >= 0.6 is 0 Å². The van der Waals surface area contributed by atoms with E-state index in [2.05, 4.69) is 20.4 Å². The maximum absolute atomic E-state index is 10.5. The molecule has 0 aliphatic carbocycles. The van der Waals surface area contributed by atoms with Gasteiger partial charge < -0.3 is 15.0 Å². The molecule has 1 aromatic heterocycles. The lowest BCUT2D eigenvalue weighted by Gasteiger charge is -2.29. The van der Waals surface area contributed by atoms with Gasteiger partial charge in [0.1, 0.15) is 6.29 Å². The summed E-state index contributed by atoms with van der Waals surface area (Å²) in [7, 11) is 0. The van der Waals surface area contributed by atoms with Crippen LogP contribution in [0.1, 0.15) is 5.56 Å². The van der Waals surface area contributed by atoms with Gasteiger partial charge in [-0.05, 0) is 6.07 Å². The molecule has 1 aromatic rings. The standard InChI is InChI=1S/C10H14N4O/c15-8-2-9-1-3-12-13-10(9)14-6-4-11-5-7-14/h1,3,8,11H,2,4-7H2. The number of aldehydes is 1. The van der Waals surface area contributed by atoms with Crippen LogP contribution in [0.15, 0.2) is 12.3 Å². The highest BCUT2D eigenvalue weighted by Gasteiger charge is 2.15. The van der Waals surface area contributed by atoms with Gasteiger partial charge in [0.05, 0.1) is 6.20 Å². The van der Waals surface area contributed by atoms with Crippen molar-refractivity contribution in [3.63, 3.8) is 0 Å². The van der Waals surface area contributed by atoms with Crippen LogP contribution in [0.5, 0.6) is 0 Å². The zero-order valence-electron chi connectivity index (χ0n) is 8.52. The summed E-state index contributed by atoms with van der Waals surface area (Å²) in [6.45, 7) is 3.75. The number of carbonyl (C=O) groups is 1. The van der Waals surface area contributed by atoms with Crippen LogP contribution in [-0.2, 0) is 11.2 Å². The van der Waals surface area contributed by atoms with Crippen molar-refractivity contribution in [1.29, 1.82) is 0 Å². The smallest absolute Gasteiger partial charge is 0.154 e. The summed E-state index contributed by atoms with van der Waals surface area (Å²) in [5, 5.41) is 11.3. The van der Waals surface area contributed by atoms with Gasteiger partial charge in [-0.3, -0.25) is 0 Å². The van der Waals surface area contributed by atoms with Crippen molar-refractivity contribution in [2.45, 2.75) is 6.42 Å². The van der Waals surface area contributed by atoms with Crippen molar-refractivity contribution in [1.82, 2.24) is 15.5 Å². The topological polar surface area (TPSA) is 58.1 Å². The Morgan fingerprint density at radius 1 is 1.47 bits per heavy atom. The molecule has 1 N–H and O–H groups in total. The zero-order valence-corrected chi connectivity index (χ0v) is 8.52. The molecule has 1 aliphatic rings. The van der Waals surface area contributed by atoms with E-state index in [-0.39, 0.29) is 0 Å². The number of nitrogens with one attached hydrogen (secondary N) is 1. The molecule has 1 aliphatic heterocycles. The van der Waals surface area contributed by atoms with Crippen molar-refractivity contribution in [2.24, 2.45) is 0 Å². The molecule has 0 spiro atoms. The Morgan fingerprint density at radius 2 is 2.27 bits per heavy atom. The molecule has 1 saturated heterocycles. The van der Waals surface area contributed by atoms with E-state index in [1.54, 1.807) is 6.20 Å². The fourth-order valence-electron chi connectivity index (χ4n) is 1.74. The molecule has 80 valence electrons. The molecule has 0 saturated carbocycles. The van der Waals surface area contributed by atoms with Gasteiger partial charge in [0.2, 0.25) is 0 Å². The number of rotatable bonds is 3. The fourth-order valence-corrected chi connectivity index (χ4v) is 1.74. The summed E-state index contributed by atoms with van der Waals surface area (Å²) in [6, 6.07) is 1.86. The van der Waals surface area contributed by atoms with E-state index >= 15 is 0 Å². The van der Waals surface area contributed by atoms with Crippen LogP contribution in [0, 0.1) is 0 Å². The van der Waals surface area contributed by atoms with Crippen molar-refractivity contribution in [3.8, 4) is 0 Å². The molecule has 2 rings (SSSR count). The van der Waals surface area contributed by atoms with Gasteiger partial charge in [0.25, 0.3) is 0 Å². The van der Waals surface area contributed by atoms with Crippen LogP contribution in [0.2, 0.25) is 0 Å². The molecular formula is C10H14N4O. The molecule has 5 nitrogen and oxygen atoms in total. The minimum Gasteiger partial charge on any atom is -0.352 e. The summed E-state index contributed by atoms with van der Waals surface area (Å²) in [5.41, 5.74) is 0.960. The monoisotopic (exact) mass is 206 g/mol. The van der Waals surface area contributed by atoms with Crippen molar-refractivity contribution in [3.05, 3.63) is 17.8 Å². The molecule has 5 heteroatoms. The second kappa shape index (κ2) is 4.84. The first-order chi connectivity index (χ1) is 7.42. The Hall–Kier alpha value is -1.49. The van der Waals surface area contributed by atoms with Gasteiger partial charge in [-0.1, -0.05) is 0 Å². The largest absolute Gasteiger partial charge is 0.352 e. The molecule has 1 fully saturated rings. The highest BCUT2D eigenvalue weighted by molar-refractivity contribution is 5.60. The van der Waals surface area contributed by atoms with Crippen molar-refractivity contribution in [2.75, 3.05) is 31.1 Å².